The maximum Gasteiger partial charge on any atom is 0.315 e. The number of aliphatic hydroxyl groups excluding tert-OH is 1. The van der Waals surface area contributed by atoms with Crippen LogP contribution in [0.2, 0.25) is 0 Å². The normalized spacial score (nSPS) is 12.1. The molecule has 0 spiro atoms. The van der Waals surface area contributed by atoms with Crippen molar-refractivity contribution in [1.82, 2.24) is 10.6 Å². The summed E-state index contributed by atoms with van der Waals surface area (Å²) in [6.45, 7) is 2.97. The van der Waals surface area contributed by atoms with Crippen LogP contribution in [0, 0.1) is 0 Å². The average molecular weight is 242 g/mol. The number of nitrogens with one attached hydrogen (secondary N) is 2. The minimum Gasteiger partial charge on any atom is -0.393 e. The Hall–Kier alpha value is -1.07. The molecule has 3 N–H and O–H groups in total. The molecule has 90 valence electrons. The van der Waals surface area contributed by atoms with Gasteiger partial charge in [-0.15, -0.1) is 0 Å². The summed E-state index contributed by atoms with van der Waals surface area (Å²) in [5.41, 5.74) is 1.11. The molecule has 0 aliphatic heterocycles. The highest BCUT2D eigenvalue weighted by molar-refractivity contribution is 7.07. The summed E-state index contributed by atoms with van der Waals surface area (Å²) in [5, 5.41) is 18.7. The summed E-state index contributed by atoms with van der Waals surface area (Å²) < 4.78 is 0. The van der Waals surface area contributed by atoms with Crippen LogP contribution in [0.4, 0.5) is 4.79 Å². The second-order valence-corrected chi connectivity index (χ2v) is 4.37. The molecular weight excluding hydrogens is 224 g/mol. The first-order valence-electron chi connectivity index (χ1n) is 5.43. The Bertz CT molecular complexity index is 301. The lowest BCUT2D eigenvalue weighted by Gasteiger charge is -2.09. The predicted molar refractivity (Wildman–Crippen MR) is 65.5 cm³/mol. The van der Waals surface area contributed by atoms with Crippen LogP contribution >= 0.6 is 11.3 Å². The molecule has 16 heavy (non-hydrogen) atoms. The third-order valence-electron chi connectivity index (χ3n) is 2.27. The SMILES string of the molecule is CCC(O)CCNC(=O)NCc1ccsc1. The monoisotopic (exact) mass is 242 g/mol. The Morgan fingerprint density at radius 3 is 3.00 bits per heavy atom. The van der Waals surface area contributed by atoms with Crippen LogP contribution in [-0.4, -0.2) is 23.8 Å². The van der Waals surface area contributed by atoms with Gasteiger partial charge < -0.3 is 15.7 Å². The first-order chi connectivity index (χ1) is 7.72. The van der Waals surface area contributed by atoms with E-state index < -0.39 is 0 Å². The van der Waals surface area contributed by atoms with Crippen molar-refractivity contribution in [3.05, 3.63) is 22.4 Å². The fourth-order valence-corrected chi connectivity index (χ4v) is 1.86. The van der Waals surface area contributed by atoms with Gasteiger partial charge in [-0.3, -0.25) is 0 Å². The number of carbonyl (C=O) groups is 1. The molecule has 0 fully saturated rings. The van der Waals surface area contributed by atoms with E-state index in [2.05, 4.69) is 10.6 Å². The van der Waals surface area contributed by atoms with Gasteiger partial charge >= 0.3 is 6.03 Å². The predicted octanol–water partition coefficient (Wildman–Crippen LogP) is 1.71. The number of urea groups is 1. The number of amides is 2. The van der Waals surface area contributed by atoms with Crippen molar-refractivity contribution >= 4 is 17.4 Å². The summed E-state index contributed by atoms with van der Waals surface area (Å²) >= 11 is 1.61. The second-order valence-electron chi connectivity index (χ2n) is 3.59. The second kappa shape index (κ2) is 7.24. The van der Waals surface area contributed by atoms with Crippen LogP contribution in [0.15, 0.2) is 16.8 Å². The van der Waals surface area contributed by atoms with Gasteiger partial charge in [0.15, 0.2) is 0 Å². The topological polar surface area (TPSA) is 61.4 Å². The van der Waals surface area contributed by atoms with E-state index in [0.29, 0.717) is 19.5 Å². The number of rotatable bonds is 6. The van der Waals surface area contributed by atoms with E-state index in [1.807, 2.05) is 23.8 Å². The molecule has 1 atom stereocenters. The van der Waals surface area contributed by atoms with Gasteiger partial charge in [-0.25, -0.2) is 4.79 Å². The molecule has 1 rings (SSSR count). The van der Waals surface area contributed by atoms with Gasteiger partial charge in [-0.2, -0.15) is 11.3 Å². The third kappa shape index (κ3) is 5.14. The lowest BCUT2D eigenvalue weighted by molar-refractivity contribution is 0.160. The summed E-state index contributed by atoms with van der Waals surface area (Å²) in [4.78, 5) is 11.3. The molecule has 4 nitrogen and oxygen atoms in total. The Balaban J connectivity index is 2.07. The first-order valence-corrected chi connectivity index (χ1v) is 6.37. The van der Waals surface area contributed by atoms with Crippen LogP contribution in [0.25, 0.3) is 0 Å². The molecule has 1 aromatic rings. The number of thiophene rings is 1. The highest BCUT2D eigenvalue weighted by Gasteiger charge is 2.03. The smallest absolute Gasteiger partial charge is 0.315 e. The number of aliphatic hydroxyl groups is 1. The van der Waals surface area contributed by atoms with Gasteiger partial charge in [-0.1, -0.05) is 6.92 Å². The molecule has 5 heteroatoms. The molecule has 2 amide bonds. The summed E-state index contributed by atoms with van der Waals surface area (Å²) in [5.74, 6) is 0. The highest BCUT2D eigenvalue weighted by Crippen LogP contribution is 2.04. The van der Waals surface area contributed by atoms with Gasteiger partial charge in [0.1, 0.15) is 0 Å². The van der Waals surface area contributed by atoms with Crippen molar-refractivity contribution in [2.24, 2.45) is 0 Å². The summed E-state index contributed by atoms with van der Waals surface area (Å²) in [7, 11) is 0. The number of carbonyl (C=O) groups excluding carboxylic acids is 1. The fourth-order valence-electron chi connectivity index (χ4n) is 1.19. The molecule has 0 bridgehead atoms. The average Bonchev–Trinajstić information content (AvgIpc) is 2.79. The van der Waals surface area contributed by atoms with Crippen molar-refractivity contribution in [3.8, 4) is 0 Å². The molecule has 1 aromatic heterocycles. The number of hydrogen-bond donors (Lipinski definition) is 3. The third-order valence-corrected chi connectivity index (χ3v) is 3.00. The van der Waals surface area contributed by atoms with E-state index in [4.69, 9.17) is 0 Å². The van der Waals surface area contributed by atoms with E-state index in [1.54, 1.807) is 11.3 Å². The van der Waals surface area contributed by atoms with E-state index in [1.165, 1.54) is 0 Å². The largest absolute Gasteiger partial charge is 0.393 e. The summed E-state index contributed by atoms with van der Waals surface area (Å²) in [6, 6.07) is 1.79. The molecule has 0 radical (unpaired) electrons. The zero-order valence-electron chi connectivity index (χ0n) is 9.40. The number of hydrogen-bond acceptors (Lipinski definition) is 3. The van der Waals surface area contributed by atoms with Crippen molar-refractivity contribution in [1.29, 1.82) is 0 Å². The Morgan fingerprint density at radius 1 is 1.56 bits per heavy atom. The fraction of sp³-hybridized carbons (Fsp3) is 0.545. The van der Waals surface area contributed by atoms with Gasteiger partial charge in [-0.05, 0) is 35.2 Å². The van der Waals surface area contributed by atoms with Crippen LogP contribution < -0.4 is 10.6 Å². The first kappa shape index (κ1) is 13.0. The van der Waals surface area contributed by atoms with Crippen molar-refractivity contribution in [2.45, 2.75) is 32.4 Å². The molecule has 0 aromatic carbocycles. The van der Waals surface area contributed by atoms with Crippen LogP contribution in [0.3, 0.4) is 0 Å². The van der Waals surface area contributed by atoms with E-state index in [-0.39, 0.29) is 12.1 Å². The quantitative estimate of drug-likeness (QED) is 0.711. The standard InChI is InChI=1S/C11H18N2O2S/c1-2-10(14)3-5-12-11(15)13-7-9-4-6-16-8-9/h4,6,8,10,14H,2-3,5,7H2,1H3,(H2,12,13,15). The van der Waals surface area contributed by atoms with Gasteiger partial charge in [0, 0.05) is 13.1 Å². The maximum atomic E-state index is 11.3. The van der Waals surface area contributed by atoms with Gasteiger partial charge in [0.25, 0.3) is 0 Å². The van der Waals surface area contributed by atoms with E-state index in [9.17, 15) is 9.90 Å². The van der Waals surface area contributed by atoms with Gasteiger partial charge in [0.2, 0.25) is 0 Å². The molecule has 0 aliphatic carbocycles. The molecule has 0 aliphatic rings. The van der Waals surface area contributed by atoms with Crippen molar-refractivity contribution in [2.75, 3.05) is 6.54 Å². The minimum absolute atomic E-state index is 0.186. The minimum atomic E-state index is -0.322. The van der Waals surface area contributed by atoms with Crippen molar-refractivity contribution < 1.29 is 9.90 Å². The molecular formula is C11H18N2O2S. The Kier molecular flexibility index (Phi) is 5.88. The lowest BCUT2D eigenvalue weighted by Crippen LogP contribution is -2.36. The van der Waals surface area contributed by atoms with Crippen LogP contribution in [0.1, 0.15) is 25.3 Å². The molecule has 0 saturated heterocycles. The van der Waals surface area contributed by atoms with E-state index >= 15 is 0 Å². The molecule has 1 heterocycles. The van der Waals surface area contributed by atoms with Gasteiger partial charge in [0.05, 0.1) is 6.10 Å². The Morgan fingerprint density at radius 2 is 2.38 bits per heavy atom. The lowest BCUT2D eigenvalue weighted by atomic mass is 10.2. The van der Waals surface area contributed by atoms with Crippen molar-refractivity contribution in [3.63, 3.8) is 0 Å². The Labute approximate surface area is 99.7 Å². The zero-order valence-corrected chi connectivity index (χ0v) is 10.2. The molecule has 1 unspecified atom stereocenters. The summed E-state index contributed by atoms with van der Waals surface area (Å²) in [6.07, 6.45) is 0.998. The zero-order chi connectivity index (χ0) is 11.8. The maximum absolute atomic E-state index is 11.3. The van der Waals surface area contributed by atoms with Crippen LogP contribution in [0.5, 0.6) is 0 Å². The molecule has 0 saturated carbocycles. The highest BCUT2D eigenvalue weighted by atomic mass is 32.1. The van der Waals surface area contributed by atoms with E-state index in [0.717, 1.165) is 12.0 Å². The van der Waals surface area contributed by atoms with Crippen LogP contribution in [-0.2, 0) is 6.54 Å².